The first kappa shape index (κ1) is 16.6. The summed E-state index contributed by atoms with van der Waals surface area (Å²) in [7, 11) is 1.62. The van der Waals surface area contributed by atoms with Gasteiger partial charge in [-0.05, 0) is 61.9 Å². The van der Waals surface area contributed by atoms with Crippen LogP contribution in [0.4, 0.5) is 5.69 Å². The van der Waals surface area contributed by atoms with Gasteiger partial charge in [-0.1, -0.05) is 12.1 Å². The van der Waals surface area contributed by atoms with Crippen molar-refractivity contribution in [3.05, 3.63) is 60.2 Å². The zero-order valence-electron chi connectivity index (χ0n) is 13.6. The maximum Gasteiger partial charge on any atom is 0.248 e. The van der Waals surface area contributed by atoms with Gasteiger partial charge < -0.3 is 14.8 Å². The van der Waals surface area contributed by atoms with Gasteiger partial charge in [-0.15, -0.1) is 0 Å². The van der Waals surface area contributed by atoms with E-state index in [1.54, 1.807) is 13.2 Å². The third kappa shape index (κ3) is 5.51. The highest BCUT2D eigenvalue weighted by Gasteiger charge is 2.00. The van der Waals surface area contributed by atoms with Crippen molar-refractivity contribution in [3.63, 3.8) is 0 Å². The van der Waals surface area contributed by atoms with Crippen LogP contribution < -0.4 is 14.8 Å². The highest BCUT2D eigenvalue weighted by atomic mass is 16.5. The Balaban J connectivity index is 1.91. The Morgan fingerprint density at radius 1 is 1.00 bits per heavy atom. The second kappa shape index (κ2) is 8.03. The summed E-state index contributed by atoms with van der Waals surface area (Å²) in [5.41, 5.74) is 1.66. The molecular formula is C19H21NO3. The smallest absolute Gasteiger partial charge is 0.248 e. The topological polar surface area (TPSA) is 47.6 Å². The molecule has 0 aliphatic rings. The van der Waals surface area contributed by atoms with E-state index in [1.165, 1.54) is 6.08 Å². The molecule has 1 amide bonds. The fourth-order valence-corrected chi connectivity index (χ4v) is 1.96. The average Bonchev–Trinajstić information content (AvgIpc) is 2.55. The zero-order chi connectivity index (χ0) is 16.7. The van der Waals surface area contributed by atoms with Gasteiger partial charge in [-0.3, -0.25) is 4.79 Å². The minimum Gasteiger partial charge on any atom is -0.497 e. The third-order valence-corrected chi connectivity index (χ3v) is 3.04. The van der Waals surface area contributed by atoms with Gasteiger partial charge in [0, 0.05) is 11.8 Å². The molecule has 0 aliphatic heterocycles. The molecule has 4 heteroatoms. The van der Waals surface area contributed by atoms with Crippen molar-refractivity contribution in [2.75, 3.05) is 12.4 Å². The molecule has 0 fully saturated rings. The maximum absolute atomic E-state index is 11.9. The highest BCUT2D eigenvalue weighted by molar-refractivity contribution is 6.01. The third-order valence-electron chi connectivity index (χ3n) is 3.04. The summed E-state index contributed by atoms with van der Waals surface area (Å²) in [5, 5.41) is 2.81. The van der Waals surface area contributed by atoms with Crippen LogP contribution in [-0.4, -0.2) is 19.1 Å². The van der Waals surface area contributed by atoms with Crippen LogP contribution in [0.2, 0.25) is 0 Å². The van der Waals surface area contributed by atoms with Crippen LogP contribution in [0.5, 0.6) is 11.5 Å². The van der Waals surface area contributed by atoms with E-state index in [1.807, 2.05) is 62.4 Å². The van der Waals surface area contributed by atoms with Gasteiger partial charge in [0.1, 0.15) is 11.5 Å². The molecule has 0 spiro atoms. The van der Waals surface area contributed by atoms with Gasteiger partial charge in [0.2, 0.25) is 5.91 Å². The van der Waals surface area contributed by atoms with Crippen molar-refractivity contribution in [2.45, 2.75) is 20.0 Å². The molecule has 23 heavy (non-hydrogen) atoms. The molecule has 2 aromatic carbocycles. The summed E-state index contributed by atoms with van der Waals surface area (Å²) in [6.45, 7) is 3.94. The highest BCUT2D eigenvalue weighted by Crippen LogP contribution is 2.17. The van der Waals surface area contributed by atoms with E-state index >= 15 is 0 Å². The minimum absolute atomic E-state index is 0.128. The lowest BCUT2D eigenvalue weighted by Gasteiger charge is -2.10. The first-order valence-electron chi connectivity index (χ1n) is 7.46. The minimum atomic E-state index is -0.182. The fourth-order valence-electron chi connectivity index (χ4n) is 1.96. The fraction of sp³-hybridized carbons (Fsp3) is 0.211. The van der Waals surface area contributed by atoms with E-state index < -0.39 is 0 Å². The summed E-state index contributed by atoms with van der Waals surface area (Å²) >= 11 is 0. The van der Waals surface area contributed by atoms with Gasteiger partial charge in [0.05, 0.1) is 13.2 Å². The number of methoxy groups -OCH3 is 1. The van der Waals surface area contributed by atoms with E-state index in [4.69, 9.17) is 9.47 Å². The van der Waals surface area contributed by atoms with Gasteiger partial charge in [0.25, 0.3) is 0 Å². The number of amides is 1. The van der Waals surface area contributed by atoms with Crippen LogP contribution in [0.15, 0.2) is 54.6 Å². The lowest BCUT2D eigenvalue weighted by Crippen LogP contribution is -2.08. The standard InChI is InChI=1S/C19H21NO3/c1-14(2)23-18-11-7-16(8-12-18)20-19(21)13-6-15-4-9-17(22-3)10-5-15/h4-14H,1-3H3,(H,20,21)/b13-6+. The number of benzene rings is 2. The summed E-state index contributed by atoms with van der Waals surface area (Å²) < 4.78 is 10.7. The van der Waals surface area contributed by atoms with Crippen molar-refractivity contribution in [1.82, 2.24) is 0 Å². The Hall–Kier alpha value is -2.75. The quantitative estimate of drug-likeness (QED) is 0.816. The van der Waals surface area contributed by atoms with Crippen molar-refractivity contribution in [1.29, 1.82) is 0 Å². The number of carbonyl (C=O) groups is 1. The normalized spacial score (nSPS) is 10.8. The molecule has 0 radical (unpaired) electrons. The molecule has 0 aliphatic carbocycles. The van der Waals surface area contributed by atoms with Crippen LogP contribution in [0.25, 0.3) is 6.08 Å². The molecule has 2 rings (SSSR count). The number of hydrogen-bond donors (Lipinski definition) is 1. The van der Waals surface area contributed by atoms with Crippen LogP contribution in [0.3, 0.4) is 0 Å². The Bertz CT molecular complexity index is 658. The second-order valence-electron chi connectivity index (χ2n) is 5.29. The number of anilines is 1. The van der Waals surface area contributed by atoms with E-state index in [2.05, 4.69) is 5.32 Å². The van der Waals surface area contributed by atoms with Crippen LogP contribution in [-0.2, 0) is 4.79 Å². The summed E-state index contributed by atoms with van der Waals surface area (Å²) in [6.07, 6.45) is 3.38. The average molecular weight is 311 g/mol. The van der Waals surface area contributed by atoms with Gasteiger partial charge in [0.15, 0.2) is 0 Å². The summed E-state index contributed by atoms with van der Waals surface area (Å²) in [4.78, 5) is 11.9. The monoisotopic (exact) mass is 311 g/mol. The molecule has 4 nitrogen and oxygen atoms in total. The lowest BCUT2D eigenvalue weighted by molar-refractivity contribution is -0.111. The predicted molar refractivity (Wildman–Crippen MR) is 92.9 cm³/mol. The van der Waals surface area contributed by atoms with Crippen molar-refractivity contribution in [2.24, 2.45) is 0 Å². The SMILES string of the molecule is COc1ccc(/C=C/C(=O)Nc2ccc(OC(C)C)cc2)cc1. The van der Waals surface area contributed by atoms with Crippen molar-refractivity contribution >= 4 is 17.7 Å². The molecule has 0 unspecified atom stereocenters. The molecule has 0 atom stereocenters. The molecule has 0 aromatic heterocycles. The van der Waals surface area contributed by atoms with E-state index in [0.717, 1.165) is 22.7 Å². The van der Waals surface area contributed by atoms with Gasteiger partial charge >= 0.3 is 0 Å². The Morgan fingerprint density at radius 3 is 2.17 bits per heavy atom. The molecule has 0 bridgehead atoms. The number of carbonyl (C=O) groups excluding carboxylic acids is 1. The molecule has 1 N–H and O–H groups in total. The second-order valence-corrected chi connectivity index (χ2v) is 5.29. The van der Waals surface area contributed by atoms with E-state index in [0.29, 0.717) is 0 Å². The number of nitrogens with one attached hydrogen (secondary N) is 1. The molecule has 0 heterocycles. The predicted octanol–water partition coefficient (Wildman–Crippen LogP) is 4.13. The van der Waals surface area contributed by atoms with Crippen LogP contribution in [0.1, 0.15) is 19.4 Å². The molecular weight excluding hydrogens is 290 g/mol. The Labute approximate surface area is 136 Å². The van der Waals surface area contributed by atoms with E-state index in [-0.39, 0.29) is 12.0 Å². The summed E-state index contributed by atoms with van der Waals surface area (Å²) in [6, 6.07) is 14.8. The summed E-state index contributed by atoms with van der Waals surface area (Å²) in [5.74, 6) is 1.39. The molecule has 2 aromatic rings. The number of rotatable bonds is 6. The van der Waals surface area contributed by atoms with Gasteiger partial charge in [-0.2, -0.15) is 0 Å². The first-order valence-corrected chi connectivity index (χ1v) is 7.46. The Morgan fingerprint density at radius 2 is 1.61 bits per heavy atom. The molecule has 0 saturated carbocycles. The van der Waals surface area contributed by atoms with Crippen molar-refractivity contribution < 1.29 is 14.3 Å². The number of hydrogen-bond acceptors (Lipinski definition) is 3. The van der Waals surface area contributed by atoms with E-state index in [9.17, 15) is 4.79 Å². The zero-order valence-corrected chi connectivity index (χ0v) is 13.6. The Kier molecular flexibility index (Phi) is 5.80. The van der Waals surface area contributed by atoms with Gasteiger partial charge in [-0.25, -0.2) is 0 Å². The van der Waals surface area contributed by atoms with Crippen LogP contribution in [0, 0.1) is 0 Å². The number of ether oxygens (including phenoxy) is 2. The largest absolute Gasteiger partial charge is 0.497 e. The molecule has 0 saturated heterocycles. The molecule has 120 valence electrons. The lowest BCUT2D eigenvalue weighted by atomic mass is 10.2. The maximum atomic E-state index is 11.9. The van der Waals surface area contributed by atoms with Crippen LogP contribution >= 0.6 is 0 Å². The van der Waals surface area contributed by atoms with Crippen molar-refractivity contribution in [3.8, 4) is 11.5 Å². The first-order chi connectivity index (χ1) is 11.1.